The summed E-state index contributed by atoms with van der Waals surface area (Å²) in [6.07, 6.45) is 0.498. The molecule has 0 aliphatic carbocycles. The van der Waals surface area contributed by atoms with Gasteiger partial charge in [-0.2, -0.15) is 0 Å². The van der Waals surface area contributed by atoms with Crippen molar-refractivity contribution in [1.82, 2.24) is 10.3 Å². The van der Waals surface area contributed by atoms with Crippen LogP contribution in [0, 0.1) is 20.8 Å². The summed E-state index contributed by atoms with van der Waals surface area (Å²) >= 11 is 1.52. The van der Waals surface area contributed by atoms with E-state index in [-0.39, 0.29) is 24.7 Å². The monoisotopic (exact) mass is 331 g/mol. The van der Waals surface area contributed by atoms with Crippen LogP contribution < -0.4 is 10.6 Å². The maximum atomic E-state index is 11.9. The molecule has 2 rings (SSSR count). The van der Waals surface area contributed by atoms with E-state index in [1.807, 2.05) is 44.4 Å². The van der Waals surface area contributed by atoms with Crippen molar-refractivity contribution in [3.8, 4) is 0 Å². The maximum Gasteiger partial charge on any atom is 0.226 e. The van der Waals surface area contributed by atoms with Gasteiger partial charge in [0.15, 0.2) is 0 Å². The Labute approximate surface area is 140 Å². The van der Waals surface area contributed by atoms with Crippen molar-refractivity contribution < 1.29 is 9.59 Å². The van der Waals surface area contributed by atoms with Crippen molar-refractivity contribution >= 4 is 28.8 Å². The SMILES string of the molecule is Cc1ccc(NC(=O)CCNC(=O)Cc2csc(C)n2)c(C)c1. The fourth-order valence-electron chi connectivity index (χ4n) is 2.20. The Balaban J connectivity index is 1.73. The second-order valence-corrected chi connectivity index (χ2v) is 6.56. The van der Waals surface area contributed by atoms with E-state index in [4.69, 9.17) is 0 Å². The number of rotatable bonds is 6. The number of nitrogens with zero attached hydrogens (tertiary/aromatic N) is 1. The van der Waals surface area contributed by atoms with E-state index in [9.17, 15) is 9.59 Å². The molecule has 2 aromatic rings. The number of thiazole rings is 1. The molecule has 1 heterocycles. The predicted molar refractivity (Wildman–Crippen MR) is 92.7 cm³/mol. The smallest absolute Gasteiger partial charge is 0.226 e. The number of benzene rings is 1. The van der Waals surface area contributed by atoms with Crippen LogP contribution in [0.3, 0.4) is 0 Å². The summed E-state index contributed by atoms with van der Waals surface area (Å²) in [5, 5.41) is 8.43. The molecule has 0 aliphatic rings. The predicted octanol–water partition coefficient (Wildman–Crippen LogP) is 2.76. The molecule has 0 bridgehead atoms. The Morgan fingerprint density at radius 2 is 1.96 bits per heavy atom. The van der Waals surface area contributed by atoms with Crippen LogP contribution in [0.1, 0.15) is 28.2 Å². The van der Waals surface area contributed by atoms with Gasteiger partial charge in [-0.05, 0) is 32.4 Å². The van der Waals surface area contributed by atoms with Gasteiger partial charge in [-0.1, -0.05) is 17.7 Å². The largest absolute Gasteiger partial charge is 0.355 e. The van der Waals surface area contributed by atoms with Crippen molar-refractivity contribution in [2.24, 2.45) is 0 Å². The molecule has 0 radical (unpaired) electrons. The molecular weight excluding hydrogens is 310 g/mol. The van der Waals surface area contributed by atoms with Crippen LogP contribution in [0.2, 0.25) is 0 Å². The van der Waals surface area contributed by atoms with E-state index in [1.165, 1.54) is 11.3 Å². The molecule has 6 heteroatoms. The van der Waals surface area contributed by atoms with Crippen molar-refractivity contribution in [2.75, 3.05) is 11.9 Å². The van der Waals surface area contributed by atoms with E-state index in [0.717, 1.165) is 27.5 Å². The summed E-state index contributed by atoms with van der Waals surface area (Å²) in [6, 6.07) is 5.87. The first-order chi connectivity index (χ1) is 10.9. The van der Waals surface area contributed by atoms with Crippen LogP contribution in [-0.2, 0) is 16.0 Å². The third-order valence-electron chi connectivity index (χ3n) is 3.34. The first-order valence-corrected chi connectivity index (χ1v) is 8.37. The van der Waals surface area contributed by atoms with Crippen molar-refractivity contribution in [2.45, 2.75) is 33.6 Å². The van der Waals surface area contributed by atoms with Gasteiger partial charge in [-0.15, -0.1) is 11.3 Å². The molecule has 0 saturated carbocycles. The summed E-state index contributed by atoms with van der Waals surface area (Å²) in [5.74, 6) is -0.226. The Hall–Kier alpha value is -2.21. The highest BCUT2D eigenvalue weighted by Crippen LogP contribution is 2.16. The lowest BCUT2D eigenvalue weighted by molar-refractivity contribution is -0.120. The Morgan fingerprint density at radius 3 is 2.61 bits per heavy atom. The van der Waals surface area contributed by atoms with E-state index in [1.54, 1.807) is 0 Å². The van der Waals surface area contributed by atoms with Crippen LogP contribution in [-0.4, -0.2) is 23.3 Å². The zero-order valence-electron chi connectivity index (χ0n) is 13.6. The van der Waals surface area contributed by atoms with Gasteiger partial charge in [0.2, 0.25) is 11.8 Å². The molecule has 23 heavy (non-hydrogen) atoms. The lowest BCUT2D eigenvalue weighted by Crippen LogP contribution is -2.29. The molecule has 2 amide bonds. The highest BCUT2D eigenvalue weighted by Gasteiger charge is 2.08. The average molecular weight is 331 g/mol. The lowest BCUT2D eigenvalue weighted by Gasteiger charge is -2.09. The third kappa shape index (κ3) is 5.49. The van der Waals surface area contributed by atoms with Gasteiger partial charge in [0, 0.05) is 24.0 Å². The molecule has 1 aromatic carbocycles. The van der Waals surface area contributed by atoms with Gasteiger partial charge in [-0.3, -0.25) is 9.59 Å². The number of amides is 2. The van der Waals surface area contributed by atoms with Crippen LogP contribution in [0.5, 0.6) is 0 Å². The molecule has 122 valence electrons. The Kier molecular flexibility index (Phi) is 5.87. The second-order valence-electron chi connectivity index (χ2n) is 5.50. The fraction of sp³-hybridized carbons (Fsp3) is 0.353. The highest BCUT2D eigenvalue weighted by molar-refractivity contribution is 7.09. The average Bonchev–Trinajstić information content (AvgIpc) is 2.87. The normalized spacial score (nSPS) is 10.4. The highest BCUT2D eigenvalue weighted by atomic mass is 32.1. The summed E-state index contributed by atoms with van der Waals surface area (Å²) in [4.78, 5) is 27.9. The number of aromatic nitrogens is 1. The van der Waals surface area contributed by atoms with Gasteiger partial charge in [0.25, 0.3) is 0 Å². The number of anilines is 1. The van der Waals surface area contributed by atoms with E-state index < -0.39 is 0 Å². The second kappa shape index (κ2) is 7.87. The fourth-order valence-corrected chi connectivity index (χ4v) is 2.81. The minimum atomic E-state index is -0.116. The molecule has 2 N–H and O–H groups in total. The van der Waals surface area contributed by atoms with Gasteiger partial charge in [-0.25, -0.2) is 4.98 Å². The van der Waals surface area contributed by atoms with E-state index in [2.05, 4.69) is 15.6 Å². The van der Waals surface area contributed by atoms with Gasteiger partial charge in [0.1, 0.15) is 0 Å². The van der Waals surface area contributed by atoms with Crippen molar-refractivity contribution in [1.29, 1.82) is 0 Å². The van der Waals surface area contributed by atoms with Gasteiger partial charge < -0.3 is 10.6 Å². The molecule has 5 nitrogen and oxygen atoms in total. The standard InChI is InChI=1S/C17H21N3O2S/c1-11-4-5-15(12(2)8-11)20-16(21)6-7-18-17(22)9-14-10-23-13(3)19-14/h4-5,8,10H,6-7,9H2,1-3H3,(H,18,22)(H,20,21). The van der Waals surface area contributed by atoms with Crippen LogP contribution in [0.25, 0.3) is 0 Å². The molecule has 1 aromatic heterocycles. The first kappa shape index (κ1) is 17.1. The van der Waals surface area contributed by atoms with Crippen LogP contribution in [0.4, 0.5) is 5.69 Å². The number of carbonyl (C=O) groups excluding carboxylic acids is 2. The lowest BCUT2D eigenvalue weighted by atomic mass is 10.1. The quantitative estimate of drug-likeness (QED) is 0.855. The van der Waals surface area contributed by atoms with Crippen molar-refractivity contribution in [3.63, 3.8) is 0 Å². The minimum Gasteiger partial charge on any atom is -0.355 e. The maximum absolute atomic E-state index is 11.9. The zero-order valence-corrected chi connectivity index (χ0v) is 14.4. The topological polar surface area (TPSA) is 71.1 Å². The molecule has 0 saturated heterocycles. The van der Waals surface area contributed by atoms with Crippen LogP contribution in [0.15, 0.2) is 23.6 Å². The molecule has 0 atom stereocenters. The van der Waals surface area contributed by atoms with E-state index >= 15 is 0 Å². The molecule has 0 aliphatic heterocycles. The third-order valence-corrected chi connectivity index (χ3v) is 4.16. The van der Waals surface area contributed by atoms with E-state index in [0.29, 0.717) is 6.54 Å². The van der Waals surface area contributed by atoms with Crippen molar-refractivity contribution in [3.05, 3.63) is 45.4 Å². The molecule has 0 spiro atoms. The Bertz CT molecular complexity index is 710. The summed E-state index contributed by atoms with van der Waals surface area (Å²) < 4.78 is 0. The van der Waals surface area contributed by atoms with Gasteiger partial charge >= 0.3 is 0 Å². The first-order valence-electron chi connectivity index (χ1n) is 7.49. The number of hydrogen-bond acceptors (Lipinski definition) is 4. The number of carbonyl (C=O) groups is 2. The minimum absolute atomic E-state index is 0.109. The molecule has 0 fully saturated rings. The number of hydrogen-bond donors (Lipinski definition) is 2. The van der Waals surface area contributed by atoms with Crippen LogP contribution >= 0.6 is 11.3 Å². The Morgan fingerprint density at radius 1 is 1.17 bits per heavy atom. The zero-order chi connectivity index (χ0) is 16.8. The number of nitrogens with one attached hydrogen (secondary N) is 2. The summed E-state index contributed by atoms with van der Waals surface area (Å²) in [6.45, 7) is 6.19. The molecule has 0 unspecified atom stereocenters. The summed E-state index contributed by atoms with van der Waals surface area (Å²) in [7, 11) is 0. The molecular formula is C17H21N3O2S. The summed E-state index contributed by atoms with van der Waals surface area (Å²) in [5.41, 5.74) is 3.76. The van der Waals surface area contributed by atoms with Gasteiger partial charge in [0.05, 0.1) is 17.1 Å². The number of aryl methyl sites for hydroxylation is 3.